The van der Waals surface area contributed by atoms with Gasteiger partial charge in [0.05, 0.1) is 12.2 Å². The Bertz CT molecular complexity index is 938. The first-order valence-corrected chi connectivity index (χ1v) is 11.6. The van der Waals surface area contributed by atoms with Crippen molar-refractivity contribution >= 4 is 34.8 Å². The van der Waals surface area contributed by atoms with Crippen LogP contribution in [0.1, 0.15) is 60.2 Å². The van der Waals surface area contributed by atoms with Gasteiger partial charge in [-0.3, -0.25) is 14.9 Å². The zero-order chi connectivity index (χ0) is 22.9. The van der Waals surface area contributed by atoms with Gasteiger partial charge < -0.3 is 15.0 Å². The van der Waals surface area contributed by atoms with E-state index in [-0.39, 0.29) is 16.9 Å². The summed E-state index contributed by atoms with van der Waals surface area (Å²) in [5.74, 6) is 0.782. The minimum absolute atomic E-state index is 0.0567. The number of carbonyl (C=O) groups excluding carboxylic acids is 2. The number of hydrogen-bond donors (Lipinski definition) is 2. The summed E-state index contributed by atoms with van der Waals surface area (Å²) in [4.78, 5) is 27.2. The lowest BCUT2D eigenvalue weighted by atomic mass is 10.1. The van der Waals surface area contributed by atoms with E-state index in [1.54, 1.807) is 42.5 Å². The topological polar surface area (TPSA) is 70.7 Å². The van der Waals surface area contributed by atoms with Crippen LogP contribution < -0.4 is 15.4 Å². The molecule has 0 aliphatic carbocycles. The molecule has 2 aromatic carbocycles. The normalized spacial score (nSPS) is 13.5. The molecule has 3 rings (SSSR count). The molecular formula is C25H31N3O3S. The van der Waals surface area contributed by atoms with Gasteiger partial charge in [0, 0.05) is 24.3 Å². The maximum absolute atomic E-state index is 12.7. The van der Waals surface area contributed by atoms with E-state index < -0.39 is 0 Å². The third kappa shape index (κ3) is 6.79. The predicted octanol–water partition coefficient (Wildman–Crippen LogP) is 4.86. The van der Waals surface area contributed by atoms with Crippen LogP contribution in [0.3, 0.4) is 0 Å². The molecule has 7 heteroatoms. The molecule has 0 radical (unpaired) electrons. The summed E-state index contributed by atoms with van der Waals surface area (Å²) in [7, 11) is 0. The predicted molar refractivity (Wildman–Crippen MR) is 131 cm³/mol. The fourth-order valence-corrected chi connectivity index (χ4v) is 3.70. The molecule has 170 valence electrons. The van der Waals surface area contributed by atoms with Crippen molar-refractivity contribution in [1.82, 2.24) is 10.2 Å². The molecule has 0 atom stereocenters. The van der Waals surface area contributed by atoms with Gasteiger partial charge in [0.1, 0.15) is 5.75 Å². The van der Waals surface area contributed by atoms with Gasteiger partial charge in [-0.25, -0.2) is 0 Å². The van der Waals surface area contributed by atoms with Crippen molar-refractivity contribution in [2.75, 3.05) is 25.0 Å². The van der Waals surface area contributed by atoms with Crippen molar-refractivity contribution in [2.45, 2.75) is 39.5 Å². The molecular weight excluding hydrogens is 422 g/mol. The first-order chi connectivity index (χ1) is 15.4. The number of ether oxygens (including phenoxy) is 1. The van der Waals surface area contributed by atoms with Crippen LogP contribution in [0.5, 0.6) is 5.75 Å². The molecule has 32 heavy (non-hydrogen) atoms. The third-order valence-corrected chi connectivity index (χ3v) is 5.55. The van der Waals surface area contributed by atoms with E-state index in [9.17, 15) is 9.59 Å². The van der Waals surface area contributed by atoms with Crippen LogP contribution in [0.4, 0.5) is 5.69 Å². The van der Waals surface area contributed by atoms with E-state index in [4.69, 9.17) is 17.0 Å². The number of para-hydroxylation sites is 1. The SMILES string of the molecule is CC(C)CCOc1ccccc1C(=O)NC(=S)Nc1ccc(C(=O)N2CCCCC2)cc1. The Morgan fingerprint density at radius 2 is 1.72 bits per heavy atom. The Morgan fingerprint density at radius 3 is 2.41 bits per heavy atom. The Hall–Kier alpha value is -2.93. The Morgan fingerprint density at radius 1 is 1.03 bits per heavy atom. The molecule has 1 aliphatic heterocycles. The summed E-state index contributed by atoms with van der Waals surface area (Å²) in [5, 5.41) is 5.88. The lowest BCUT2D eigenvalue weighted by Crippen LogP contribution is -2.35. The van der Waals surface area contributed by atoms with Crippen LogP contribution in [-0.2, 0) is 0 Å². The Balaban J connectivity index is 1.55. The van der Waals surface area contributed by atoms with E-state index in [1.807, 2.05) is 11.0 Å². The van der Waals surface area contributed by atoms with Crippen LogP contribution in [0.2, 0.25) is 0 Å². The number of rotatable bonds is 7. The Labute approximate surface area is 195 Å². The number of nitrogens with one attached hydrogen (secondary N) is 2. The molecule has 0 saturated carbocycles. The molecule has 0 spiro atoms. The number of nitrogens with zero attached hydrogens (tertiary/aromatic N) is 1. The standard InChI is InChI=1S/C25H31N3O3S/c1-18(2)14-17-31-22-9-5-4-8-21(22)23(29)27-25(32)26-20-12-10-19(11-13-20)24(30)28-15-6-3-7-16-28/h4-5,8-13,18H,3,6-7,14-17H2,1-2H3,(H2,26,27,29,32). The van der Waals surface area contributed by atoms with Gasteiger partial charge in [-0.1, -0.05) is 26.0 Å². The smallest absolute Gasteiger partial charge is 0.261 e. The summed E-state index contributed by atoms with van der Waals surface area (Å²) >= 11 is 5.31. The number of piperidine rings is 1. The van der Waals surface area contributed by atoms with Crippen LogP contribution in [0.15, 0.2) is 48.5 Å². The number of carbonyl (C=O) groups is 2. The van der Waals surface area contributed by atoms with E-state index in [0.29, 0.717) is 35.1 Å². The molecule has 0 bridgehead atoms. The lowest BCUT2D eigenvalue weighted by Gasteiger charge is -2.26. The van der Waals surface area contributed by atoms with Crippen LogP contribution in [-0.4, -0.2) is 41.5 Å². The number of amides is 2. The summed E-state index contributed by atoms with van der Waals surface area (Å²) in [6.45, 7) is 6.44. The van der Waals surface area contributed by atoms with Gasteiger partial charge >= 0.3 is 0 Å². The molecule has 0 aromatic heterocycles. The van der Waals surface area contributed by atoms with E-state index in [1.165, 1.54) is 6.42 Å². The van der Waals surface area contributed by atoms with E-state index in [0.717, 1.165) is 32.4 Å². The largest absolute Gasteiger partial charge is 0.493 e. The Kier molecular flexibility index (Phi) is 8.62. The second-order valence-corrected chi connectivity index (χ2v) is 8.77. The molecule has 6 nitrogen and oxygen atoms in total. The van der Waals surface area contributed by atoms with Crippen molar-refractivity contribution in [2.24, 2.45) is 5.92 Å². The monoisotopic (exact) mass is 453 g/mol. The first kappa shape index (κ1) is 23.7. The van der Waals surface area contributed by atoms with Crippen LogP contribution >= 0.6 is 12.2 Å². The summed E-state index contributed by atoms with van der Waals surface area (Å²) < 4.78 is 5.79. The average Bonchev–Trinajstić information content (AvgIpc) is 2.79. The van der Waals surface area contributed by atoms with Gasteiger partial charge in [-0.15, -0.1) is 0 Å². The maximum Gasteiger partial charge on any atom is 0.261 e. The molecule has 1 heterocycles. The van der Waals surface area contributed by atoms with Crippen molar-refractivity contribution in [3.8, 4) is 5.75 Å². The lowest BCUT2D eigenvalue weighted by molar-refractivity contribution is 0.0724. The van der Waals surface area contributed by atoms with Crippen molar-refractivity contribution < 1.29 is 14.3 Å². The molecule has 1 aliphatic rings. The molecule has 1 fully saturated rings. The van der Waals surface area contributed by atoms with Gasteiger partial charge in [0.25, 0.3) is 11.8 Å². The summed E-state index contributed by atoms with van der Waals surface area (Å²) in [6.07, 6.45) is 4.22. The number of anilines is 1. The average molecular weight is 454 g/mol. The van der Waals surface area contributed by atoms with Crippen molar-refractivity contribution in [1.29, 1.82) is 0 Å². The molecule has 0 unspecified atom stereocenters. The molecule has 2 aromatic rings. The zero-order valence-electron chi connectivity index (χ0n) is 18.7. The summed E-state index contributed by atoms with van der Waals surface area (Å²) in [6, 6.07) is 14.3. The quantitative estimate of drug-likeness (QED) is 0.586. The second-order valence-electron chi connectivity index (χ2n) is 8.37. The summed E-state index contributed by atoms with van der Waals surface area (Å²) in [5.41, 5.74) is 1.79. The first-order valence-electron chi connectivity index (χ1n) is 11.2. The fraction of sp³-hybridized carbons (Fsp3) is 0.400. The van der Waals surface area contributed by atoms with E-state index in [2.05, 4.69) is 24.5 Å². The van der Waals surface area contributed by atoms with Crippen molar-refractivity contribution in [3.63, 3.8) is 0 Å². The van der Waals surface area contributed by atoms with Crippen LogP contribution in [0, 0.1) is 5.92 Å². The third-order valence-electron chi connectivity index (χ3n) is 5.34. The highest BCUT2D eigenvalue weighted by Gasteiger charge is 2.18. The van der Waals surface area contributed by atoms with Gasteiger partial charge in [0.15, 0.2) is 5.11 Å². The number of hydrogen-bond acceptors (Lipinski definition) is 4. The van der Waals surface area contributed by atoms with Crippen molar-refractivity contribution in [3.05, 3.63) is 59.7 Å². The van der Waals surface area contributed by atoms with Gasteiger partial charge in [-0.05, 0) is 80.2 Å². The minimum Gasteiger partial charge on any atom is -0.493 e. The molecule has 1 saturated heterocycles. The van der Waals surface area contributed by atoms with Crippen LogP contribution in [0.25, 0.3) is 0 Å². The van der Waals surface area contributed by atoms with Gasteiger partial charge in [0.2, 0.25) is 0 Å². The minimum atomic E-state index is -0.334. The number of thiocarbonyl (C=S) groups is 1. The number of benzene rings is 2. The fourth-order valence-electron chi connectivity index (χ4n) is 3.49. The highest BCUT2D eigenvalue weighted by molar-refractivity contribution is 7.80. The highest BCUT2D eigenvalue weighted by Crippen LogP contribution is 2.19. The van der Waals surface area contributed by atoms with E-state index >= 15 is 0 Å². The maximum atomic E-state index is 12.7. The number of likely N-dealkylation sites (tertiary alicyclic amines) is 1. The zero-order valence-corrected chi connectivity index (χ0v) is 19.5. The molecule has 2 N–H and O–H groups in total. The molecule has 2 amide bonds. The second kappa shape index (κ2) is 11.6. The highest BCUT2D eigenvalue weighted by atomic mass is 32.1. The van der Waals surface area contributed by atoms with Gasteiger partial charge in [-0.2, -0.15) is 0 Å².